The zero-order valence-corrected chi connectivity index (χ0v) is 9.26. The van der Waals surface area contributed by atoms with Crippen molar-refractivity contribution in [3.63, 3.8) is 0 Å². The smallest absolute Gasteiger partial charge is 0.118 e. The summed E-state index contributed by atoms with van der Waals surface area (Å²) in [6.45, 7) is 0.717. The first kappa shape index (κ1) is 11.4. The van der Waals surface area contributed by atoms with Crippen molar-refractivity contribution in [2.24, 2.45) is 0 Å². The molecule has 0 bridgehead atoms. The number of hydrogen-bond donors (Lipinski definition) is 3. The lowest BCUT2D eigenvalue weighted by atomic mass is 9.92. The zero-order valence-electron chi connectivity index (χ0n) is 9.26. The van der Waals surface area contributed by atoms with Crippen molar-refractivity contribution in [3.8, 4) is 5.75 Å². The van der Waals surface area contributed by atoms with Gasteiger partial charge in [0.2, 0.25) is 0 Å². The SMILES string of the molecule is COc1ccc([C@@H]2NCC[C@@H](O)[C@@H]2O)cc1. The van der Waals surface area contributed by atoms with Crippen molar-refractivity contribution in [1.82, 2.24) is 5.32 Å². The van der Waals surface area contributed by atoms with Crippen LogP contribution in [0.25, 0.3) is 0 Å². The maximum absolute atomic E-state index is 9.87. The molecular formula is C12H17NO3. The molecule has 0 aromatic heterocycles. The van der Waals surface area contributed by atoms with E-state index in [4.69, 9.17) is 4.74 Å². The Morgan fingerprint density at radius 3 is 2.56 bits per heavy atom. The Kier molecular flexibility index (Phi) is 3.43. The molecule has 0 radical (unpaired) electrons. The molecule has 4 nitrogen and oxygen atoms in total. The van der Waals surface area contributed by atoms with Gasteiger partial charge in [-0.15, -0.1) is 0 Å². The van der Waals surface area contributed by atoms with Crippen LogP contribution in [0.4, 0.5) is 0 Å². The zero-order chi connectivity index (χ0) is 11.5. The molecule has 88 valence electrons. The average molecular weight is 223 g/mol. The molecule has 16 heavy (non-hydrogen) atoms. The summed E-state index contributed by atoms with van der Waals surface area (Å²) in [7, 11) is 1.62. The maximum Gasteiger partial charge on any atom is 0.118 e. The van der Waals surface area contributed by atoms with Crippen LogP contribution in [0.1, 0.15) is 18.0 Å². The first-order valence-corrected chi connectivity index (χ1v) is 5.46. The molecule has 4 heteroatoms. The second-order valence-corrected chi connectivity index (χ2v) is 4.05. The maximum atomic E-state index is 9.87. The topological polar surface area (TPSA) is 61.7 Å². The van der Waals surface area contributed by atoms with Gasteiger partial charge in [-0.25, -0.2) is 0 Å². The van der Waals surface area contributed by atoms with E-state index in [-0.39, 0.29) is 6.04 Å². The van der Waals surface area contributed by atoms with Crippen molar-refractivity contribution in [1.29, 1.82) is 0 Å². The van der Waals surface area contributed by atoms with E-state index >= 15 is 0 Å². The minimum Gasteiger partial charge on any atom is -0.497 e. The molecular weight excluding hydrogens is 206 g/mol. The Labute approximate surface area is 94.9 Å². The predicted molar refractivity (Wildman–Crippen MR) is 60.4 cm³/mol. The minimum absolute atomic E-state index is 0.199. The molecule has 1 aromatic carbocycles. The molecule has 0 aliphatic carbocycles. The van der Waals surface area contributed by atoms with Crippen LogP contribution in [0.5, 0.6) is 5.75 Å². The fourth-order valence-corrected chi connectivity index (χ4v) is 2.03. The molecule has 1 aliphatic rings. The molecule has 2 rings (SSSR count). The molecule has 0 spiro atoms. The van der Waals surface area contributed by atoms with E-state index in [2.05, 4.69) is 5.32 Å². The molecule has 1 fully saturated rings. The standard InChI is InChI=1S/C12H17NO3/c1-16-9-4-2-8(3-5-9)11-12(15)10(14)6-7-13-11/h2-5,10-15H,6-7H2,1H3/t10-,11+,12+/m1/s1. The fourth-order valence-electron chi connectivity index (χ4n) is 2.03. The van der Waals surface area contributed by atoms with Crippen LogP contribution in [0.15, 0.2) is 24.3 Å². The van der Waals surface area contributed by atoms with Crippen LogP contribution in [-0.4, -0.2) is 36.1 Å². The number of ether oxygens (including phenoxy) is 1. The third kappa shape index (κ3) is 2.19. The van der Waals surface area contributed by atoms with Crippen molar-refractivity contribution >= 4 is 0 Å². The van der Waals surface area contributed by atoms with Gasteiger partial charge in [-0.1, -0.05) is 12.1 Å². The highest BCUT2D eigenvalue weighted by Crippen LogP contribution is 2.25. The Morgan fingerprint density at radius 1 is 1.25 bits per heavy atom. The minimum atomic E-state index is -0.748. The van der Waals surface area contributed by atoms with E-state index in [1.54, 1.807) is 7.11 Å². The predicted octanol–water partition coefficient (Wildman–Crippen LogP) is 0.451. The van der Waals surface area contributed by atoms with E-state index < -0.39 is 12.2 Å². The van der Waals surface area contributed by atoms with Gasteiger partial charge < -0.3 is 20.3 Å². The Hall–Kier alpha value is -1.10. The highest BCUT2D eigenvalue weighted by Gasteiger charge is 2.30. The second-order valence-electron chi connectivity index (χ2n) is 4.05. The highest BCUT2D eigenvalue weighted by atomic mass is 16.5. The van der Waals surface area contributed by atoms with Gasteiger partial charge in [-0.05, 0) is 30.7 Å². The van der Waals surface area contributed by atoms with E-state index in [1.165, 1.54) is 0 Å². The van der Waals surface area contributed by atoms with Gasteiger partial charge in [0.15, 0.2) is 0 Å². The quantitative estimate of drug-likeness (QED) is 0.681. The molecule has 1 aliphatic heterocycles. The van der Waals surface area contributed by atoms with E-state index in [0.717, 1.165) is 17.9 Å². The number of piperidine rings is 1. The third-order valence-electron chi connectivity index (χ3n) is 3.02. The molecule has 1 aromatic rings. The van der Waals surface area contributed by atoms with Crippen molar-refractivity contribution in [3.05, 3.63) is 29.8 Å². The number of rotatable bonds is 2. The summed E-state index contributed by atoms with van der Waals surface area (Å²) in [4.78, 5) is 0. The lowest BCUT2D eigenvalue weighted by Crippen LogP contribution is -2.46. The van der Waals surface area contributed by atoms with Crippen LogP contribution < -0.4 is 10.1 Å². The summed E-state index contributed by atoms with van der Waals surface area (Å²) < 4.78 is 5.07. The summed E-state index contributed by atoms with van der Waals surface area (Å²) in [6.07, 6.45) is -0.802. The van der Waals surface area contributed by atoms with Gasteiger partial charge in [0.05, 0.1) is 25.4 Å². The second kappa shape index (κ2) is 4.82. The lowest BCUT2D eigenvalue weighted by Gasteiger charge is -2.33. The monoisotopic (exact) mass is 223 g/mol. The van der Waals surface area contributed by atoms with Crippen molar-refractivity contribution < 1.29 is 14.9 Å². The van der Waals surface area contributed by atoms with Crippen LogP contribution in [0.3, 0.4) is 0 Å². The molecule has 0 amide bonds. The summed E-state index contributed by atoms with van der Waals surface area (Å²) in [6, 6.07) is 7.31. The summed E-state index contributed by atoms with van der Waals surface area (Å²) >= 11 is 0. The van der Waals surface area contributed by atoms with Gasteiger partial charge in [0.25, 0.3) is 0 Å². The molecule has 3 atom stereocenters. The Morgan fingerprint density at radius 2 is 1.94 bits per heavy atom. The Bertz CT molecular complexity index is 339. The molecule has 0 unspecified atom stereocenters. The van der Waals surface area contributed by atoms with E-state index in [1.807, 2.05) is 24.3 Å². The number of aliphatic hydroxyl groups excluding tert-OH is 2. The number of benzene rings is 1. The number of hydrogen-bond acceptors (Lipinski definition) is 4. The molecule has 0 saturated carbocycles. The average Bonchev–Trinajstić information content (AvgIpc) is 2.33. The van der Waals surface area contributed by atoms with Gasteiger partial charge in [-0.2, -0.15) is 0 Å². The van der Waals surface area contributed by atoms with Crippen molar-refractivity contribution in [2.45, 2.75) is 24.7 Å². The van der Waals surface area contributed by atoms with Crippen LogP contribution >= 0.6 is 0 Å². The van der Waals surface area contributed by atoms with Gasteiger partial charge >= 0.3 is 0 Å². The lowest BCUT2D eigenvalue weighted by molar-refractivity contribution is -0.0271. The summed E-state index contributed by atoms with van der Waals surface area (Å²) in [5, 5.41) is 22.7. The van der Waals surface area contributed by atoms with Crippen LogP contribution in [0, 0.1) is 0 Å². The number of nitrogens with one attached hydrogen (secondary N) is 1. The fraction of sp³-hybridized carbons (Fsp3) is 0.500. The normalized spacial score (nSPS) is 30.1. The molecule has 1 heterocycles. The summed E-state index contributed by atoms with van der Waals surface area (Å²) in [5.74, 6) is 0.787. The summed E-state index contributed by atoms with van der Waals surface area (Å²) in [5.41, 5.74) is 0.965. The third-order valence-corrected chi connectivity index (χ3v) is 3.02. The van der Waals surface area contributed by atoms with Gasteiger partial charge in [0, 0.05) is 0 Å². The molecule has 3 N–H and O–H groups in total. The molecule has 1 saturated heterocycles. The first-order chi connectivity index (χ1) is 7.72. The number of methoxy groups -OCH3 is 1. The van der Waals surface area contributed by atoms with Crippen LogP contribution in [0.2, 0.25) is 0 Å². The largest absolute Gasteiger partial charge is 0.497 e. The van der Waals surface area contributed by atoms with Gasteiger partial charge in [0.1, 0.15) is 5.75 Å². The first-order valence-electron chi connectivity index (χ1n) is 5.46. The van der Waals surface area contributed by atoms with Gasteiger partial charge in [-0.3, -0.25) is 0 Å². The Balaban J connectivity index is 2.15. The van der Waals surface area contributed by atoms with Crippen LogP contribution in [-0.2, 0) is 0 Å². The number of aliphatic hydroxyl groups is 2. The van der Waals surface area contributed by atoms with E-state index in [0.29, 0.717) is 6.42 Å². The van der Waals surface area contributed by atoms with E-state index in [9.17, 15) is 10.2 Å². The highest BCUT2D eigenvalue weighted by molar-refractivity contribution is 5.30. The van der Waals surface area contributed by atoms with Crippen molar-refractivity contribution in [2.75, 3.05) is 13.7 Å².